The van der Waals surface area contributed by atoms with Crippen LogP contribution in [0.15, 0.2) is 85.2 Å². The van der Waals surface area contributed by atoms with Crippen molar-refractivity contribution >= 4 is 5.97 Å². The second-order valence-corrected chi connectivity index (χ2v) is 13.9. The summed E-state index contributed by atoms with van der Waals surface area (Å²) in [4.78, 5) is 22.5. The summed E-state index contributed by atoms with van der Waals surface area (Å²) in [6.45, 7) is 1.71. The van der Waals surface area contributed by atoms with Crippen molar-refractivity contribution in [1.82, 2.24) is 14.8 Å². The third-order valence-electron chi connectivity index (χ3n) is 10.8. The number of methoxy groups -OCH3 is 3. The molecule has 2 atom stereocenters. The molecule has 53 heavy (non-hydrogen) atoms. The molecular formula is C43H43N3O7. The minimum Gasteiger partial charge on any atom is -0.493 e. The fourth-order valence-electron chi connectivity index (χ4n) is 7.82. The summed E-state index contributed by atoms with van der Waals surface area (Å²) < 4.78 is 37.6. The van der Waals surface area contributed by atoms with Crippen LogP contribution in [-0.4, -0.2) is 69.3 Å². The molecular weight excluding hydrogens is 670 g/mol. The summed E-state index contributed by atoms with van der Waals surface area (Å²) in [5.41, 5.74) is 6.93. The zero-order valence-electron chi connectivity index (χ0n) is 30.7. The van der Waals surface area contributed by atoms with E-state index in [1.54, 1.807) is 45.9 Å². The zero-order valence-corrected chi connectivity index (χ0v) is 30.7. The Labute approximate surface area is 309 Å². The maximum atomic E-state index is 13.7. The van der Waals surface area contributed by atoms with Crippen LogP contribution in [0.5, 0.6) is 46.0 Å². The van der Waals surface area contributed by atoms with E-state index in [9.17, 15) is 4.79 Å². The monoisotopic (exact) mass is 713 g/mol. The van der Waals surface area contributed by atoms with E-state index in [4.69, 9.17) is 28.4 Å². The van der Waals surface area contributed by atoms with E-state index in [1.807, 2.05) is 30.3 Å². The summed E-state index contributed by atoms with van der Waals surface area (Å²) in [5.74, 6) is 3.62. The van der Waals surface area contributed by atoms with E-state index in [0.29, 0.717) is 46.5 Å². The number of nitrogens with zero attached hydrogens (tertiary/aromatic N) is 3. The van der Waals surface area contributed by atoms with Gasteiger partial charge in [-0.15, -0.1) is 0 Å². The van der Waals surface area contributed by atoms with Crippen molar-refractivity contribution < 1.29 is 33.2 Å². The predicted octanol–water partition coefficient (Wildman–Crippen LogP) is 7.77. The van der Waals surface area contributed by atoms with Crippen molar-refractivity contribution in [2.75, 3.05) is 48.5 Å². The standard InChI is InChI=1S/C43H43N3O7/c1-45-18-14-29-23-36(49-4)38-25-32(29)33(45)20-26-6-9-31(10-7-26)51-37-22-27(8-11-35(37)48-3)21-34-40-30(15-19-46(34)2)24-39(50-5)41(42(40)52-38)53-43(47)28-12-16-44-17-13-28/h6-13,16-17,22-25,33-34H,14-15,18-21H2,1-5H3/t33-,34-/m0/s1. The smallest absolute Gasteiger partial charge is 0.343 e. The maximum absolute atomic E-state index is 13.7. The van der Waals surface area contributed by atoms with Crippen molar-refractivity contribution in [3.63, 3.8) is 0 Å². The van der Waals surface area contributed by atoms with Crippen molar-refractivity contribution in [2.45, 2.75) is 37.8 Å². The number of carbonyl (C=O) groups is 1. The maximum Gasteiger partial charge on any atom is 0.343 e. The Bertz CT molecular complexity index is 2150. The second kappa shape index (κ2) is 14.4. The van der Waals surface area contributed by atoms with Gasteiger partial charge in [-0.1, -0.05) is 18.2 Å². The van der Waals surface area contributed by atoms with Crippen LogP contribution < -0.4 is 28.4 Å². The number of esters is 1. The first-order valence-corrected chi connectivity index (χ1v) is 17.9. The van der Waals surface area contributed by atoms with Crippen molar-refractivity contribution in [1.29, 1.82) is 0 Å². The van der Waals surface area contributed by atoms with Gasteiger partial charge in [0.1, 0.15) is 5.75 Å². The number of fused-ring (bicyclic) bond motifs is 2. The van der Waals surface area contributed by atoms with Gasteiger partial charge in [0.15, 0.2) is 34.5 Å². The predicted molar refractivity (Wildman–Crippen MR) is 200 cm³/mol. The van der Waals surface area contributed by atoms with Gasteiger partial charge in [-0.2, -0.15) is 0 Å². The van der Waals surface area contributed by atoms with E-state index in [-0.39, 0.29) is 17.8 Å². The molecule has 0 unspecified atom stereocenters. The Kier molecular flexibility index (Phi) is 9.40. The van der Waals surface area contributed by atoms with Gasteiger partial charge in [0, 0.05) is 43.1 Å². The van der Waals surface area contributed by atoms with E-state index in [1.165, 1.54) is 11.1 Å². The van der Waals surface area contributed by atoms with Gasteiger partial charge in [-0.3, -0.25) is 14.8 Å². The summed E-state index contributed by atoms with van der Waals surface area (Å²) >= 11 is 0. The van der Waals surface area contributed by atoms with Gasteiger partial charge in [-0.05, 0) is 122 Å². The van der Waals surface area contributed by atoms with Gasteiger partial charge in [-0.25, -0.2) is 4.79 Å². The summed E-state index contributed by atoms with van der Waals surface area (Å²) in [5, 5.41) is 0. The molecule has 0 amide bonds. The Morgan fingerprint density at radius 2 is 1.34 bits per heavy atom. The molecule has 0 spiro atoms. The quantitative estimate of drug-likeness (QED) is 0.133. The molecule has 1 aromatic heterocycles. The van der Waals surface area contributed by atoms with Crippen molar-refractivity contribution in [2.24, 2.45) is 0 Å². The number of ether oxygens (including phenoxy) is 6. The number of carbonyl (C=O) groups excluding carboxylic acids is 1. The summed E-state index contributed by atoms with van der Waals surface area (Å²) in [6.07, 6.45) is 6.14. The van der Waals surface area contributed by atoms with Crippen LogP contribution in [0.25, 0.3) is 0 Å². The number of likely N-dealkylation sites (N-methyl/N-ethyl adjacent to an activating group) is 2. The largest absolute Gasteiger partial charge is 0.493 e. The molecule has 0 aliphatic carbocycles. The van der Waals surface area contributed by atoms with E-state index >= 15 is 0 Å². The third-order valence-corrected chi connectivity index (χ3v) is 10.8. The van der Waals surface area contributed by atoms with E-state index < -0.39 is 5.97 Å². The average molecular weight is 714 g/mol. The Balaban J connectivity index is 1.36. The minimum atomic E-state index is -0.549. The average Bonchev–Trinajstić information content (AvgIpc) is 3.18. The molecule has 10 heteroatoms. The highest BCUT2D eigenvalue weighted by atomic mass is 16.6. The molecule has 272 valence electrons. The summed E-state index contributed by atoms with van der Waals surface area (Å²) in [6, 6.07) is 23.7. The Morgan fingerprint density at radius 3 is 2.08 bits per heavy atom. The van der Waals surface area contributed by atoms with Crippen LogP contribution in [-0.2, 0) is 25.7 Å². The molecule has 5 heterocycles. The first-order chi connectivity index (χ1) is 25.8. The highest BCUT2D eigenvalue weighted by Gasteiger charge is 2.35. The third kappa shape index (κ3) is 6.64. The topological polar surface area (TPSA) is 91.8 Å². The minimum absolute atomic E-state index is 0.0801. The van der Waals surface area contributed by atoms with E-state index in [0.717, 1.165) is 60.4 Å². The lowest BCUT2D eigenvalue weighted by Gasteiger charge is -2.37. The molecule has 9 rings (SSSR count). The Hall–Kier alpha value is -5.58. The number of benzene rings is 4. The molecule has 5 aromatic rings. The van der Waals surface area contributed by atoms with Crippen LogP contribution in [0, 0.1) is 0 Å². The molecule has 6 bridgehead atoms. The van der Waals surface area contributed by atoms with Gasteiger partial charge in [0.25, 0.3) is 0 Å². The molecule has 0 saturated heterocycles. The SMILES string of the molecule is COc1ccc2cc1Oc1ccc(cc1)C[C@H]1c3cc(c(OC)cc3CCN1C)Oc1c(OC(=O)c3ccncc3)c(OC)cc3c1[C@H](C2)N(C)CC3. The molecule has 0 radical (unpaired) electrons. The van der Waals surface area contributed by atoms with Gasteiger partial charge < -0.3 is 28.4 Å². The molecule has 10 nitrogen and oxygen atoms in total. The number of pyridine rings is 1. The Morgan fingerprint density at radius 1 is 0.698 bits per heavy atom. The first-order valence-electron chi connectivity index (χ1n) is 17.9. The highest BCUT2D eigenvalue weighted by Crippen LogP contribution is 2.52. The lowest BCUT2D eigenvalue weighted by molar-refractivity contribution is 0.0723. The molecule has 4 aromatic carbocycles. The lowest BCUT2D eigenvalue weighted by Crippen LogP contribution is -2.34. The number of rotatable bonds is 5. The van der Waals surface area contributed by atoms with Gasteiger partial charge in [0.2, 0.25) is 5.75 Å². The molecule has 4 aliphatic rings. The van der Waals surface area contributed by atoms with Crippen molar-refractivity contribution in [3.05, 3.63) is 124 Å². The van der Waals surface area contributed by atoms with Crippen molar-refractivity contribution in [3.8, 4) is 46.0 Å². The molecule has 4 aliphatic heterocycles. The van der Waals surface area contributed by atoms with Crippen LogP contribution >= 0.6 is 0 Å². The number of hydrogen-bond donors (Lipinski definition) is 0. The van der Waals surface area contributed by atoms with E-state index in [2.05, 4.69) is 59.2 Å². The highest BCUT2D eigenvalue weighted by molar-refractivity contribution is 5.91. The fourth-order valence-corrected chi connectivity index (χ4v) is 7.82. The van der Waals surface area contributed by atoms with Crippen LogP contribution in [0.2, 0.25) is 0 Å². The normalized spacial score (nSPS) is 18.1. The number of aromatic nitrogens is 1. The number of hydrogen-bond acceptors (Lipinski definition) is 10. The van der Waals surface area contributed by atoms with Crippen LogP contribution in [0.3, 0.4) is 0 Å². The summed E-state index contributed by atoms with van der Waals surface area (Å²) in [7, 11) is 9.16. The van der Waals surface area contributed by atoms with Crippen LogP contribution in [0.4, 0.5) is 0 Å². The molecule has 0 saturated carbocycles. The fraction of sp³-hybridized carbons (Fsp3) is 0.302. The van der Waals surface area contributed by atoms with Gasteiger partial charge >= 0.3 is 5.97 Å². The lowest BCUT2D eigenvalue weighted by atomic mass is 9.87. The molecule has 0 N–H and O–H groups in total. The first kappa shape index (κ1) is 34.5. The molecule has 0 fully saturated rings. The van der Waals surface area contributed by atoms with Gasteiger partial charge in [0.05, 0.1) is 26.9 Å². The van der Waals surface area contributed by atoms with Crippen LogP contribution in [0.1, 0.15) is 55.8 Å². The zero-order chi connectivity index (χ0) is 36.6. The second-order valence-electron chi connectivity index (χ2n) is 13.9.